The second-order valence-electron chi connectivity index (χ2n) is 4.55. The number of carbonyl (C=O) groups is 1. The fourth-order valence-electron chi connectivity index (χ4n) is 1.67. The molecule has 128 valence electrons. The molecule has 2 rings (SSSR count). The third-order valence-corrected chi connectivity index (χ3v) is 3.24. The van der Waals surface area contributed by atoms with E-state index in [1.54, 1.807) is 24.3 Å². The van der Waals surface area contributed by atoms with Gasteiger partial charge in [0.2, 0.25) is 0 Å². The zero-order chi connectivity index (χ0) is 17.7. The zero-order valence-corrected chi connectivity index (χ0v) is 13.4. The van der Waals surface area contributed by atoms with Crippen LogP contribution in [0.2, 0.25) is 5.02 Å². The third kappa shape index (κ3) is 4.94. The van der Waals surface area contributed by atoms with Crippen molar-refractivity contribution in [3.05, 3.63) is 53.6 Å². The summed E-state index contributed by atoms with van der Waals surface area (Å²) in [4.78, 5) is 11.9. The highest BCUT2D eigenvalue weighted by Crippen LogP contribution is 2.33. The minimum Gasteiger partial charge on any atom is -0.427 e. The Kier molecular flexibility index (Phi) is 5.80. The Hall–Kier alpha value is -2.12. The van der Waals surface area contributed by atoms with E-state index in [1.807, 2.05) is 0 Å². The predicted octanol–water partition coefficient (Wildman–Crippen LogP) is 5.49. The van der Waals surface area contributed by atoms with E-state index in [1.165, 1.54) is 18.2 Å². The fourth-order valence-corrected chi connectivity index (χ4v) is 1.84. The Morgan fingerprint density at radius 2 is 1.71 bits per heavy atom. The molecule has 0 fully saturated rings. The van der Waals surface area contributed by atoms with E-state index in [2.05, 4.69) is 15.4 Å². The Morgan fingerprint density at radius 3 is 2.33 bits per heavy atom. The molecule has 0 aliphatic carbocycles. The third-order valence-electron chi connectivity index (χ3n) is 2.74. The first kappa shape index (κ1) is 18.2. The van der Waals surface area contributed by atoms with E-state index >= 15 is 0 Å². The summed E-state index contributed by atoms with van der Waals surface area (Å²) in [5, 5.41) is 5.30. The van der Waals surface area contributed by atoms with Crippen molar-refractivity contribution in [2.45, 2.75) is 11.7 Å². The summed E-state index contributed by atoms with van der Waals surface area (Å²) in [6, 6.07) is 10.9. The SMILES string of the molecule is O=C(Nc1ccc(Cl)cc1)Nc1ccccc1OC(F)(F)[C@H](F)Cl. The van der Waals surface area contributed by atoms with Crippen molar-refractivity contribution in [2.24, 2.45) is 0 Å². The van der Waals surface area contributed by atoms with E-state index in [4.69, 9.17) is 23.2 Å². The molecule has 2 aromatic rings. The van der Waals surface area contributed by atoms with Crippen LogP contribution in [0.3, 0.4) is 0 Å². The number of ether oxygens (including phenoxy) is 1. The van der Waals surface area contributed by atoms with Gasteiger partial charge in [-0.15, -0.1) is 0 Å². The molecule has 0 heterocycles. The molecule has 4 nitrogen and oxygen atoms in total. The molecule has 0 unspecified atom stereocenters. The van der Waals surface area contributed by atoms with Gasteiger partial charge in [0, 0.05) is 10.7 Å². The highest BCUT2D eigenvalue weighted by molar-refractivity contribution is 6.30. The van der Waals surface area contributed by atoms with Gasteiger partial charge < -0.3 is 15.4 Å². The molecule has 2 N–H and O–H groups in total. The van der Waals surface area contributed by atoms with Crippen molar-refractivity contribution >= 4 is 40.6 Å². The molecule has 0 radical (unpaired) electrons. The number of para-hydroxylation sites is 2. The molecule has 1 atom stereocenters. The molecule has 0 bridgehead atoms. The Balaban J connectivity index is 2.09. The number of rotatable bonds is 5. The van der Waals surface area contributed by atoms with Crippen LogP contribution in [0.15, 0.2) is 48.5 Å². The number of halogens is 5. The second-order valence-corrected chi connectivity index (χ2v) is 5.37. The van der Waals surface area contributed by atoms with Gasteiger partial charge in [0.15, 0.2) is 0 Å². The smallest absolute Gasteiger partial charge is 0.427 e. The molecule has 0 aliphatic heterocycles. The number of hydrogen-bond donors (Lipinski definition) is 2. The molecule has 2 aromatic carbocycles. The van der Waals surface area contributed by atoms with Gasteiger partial charge in [-0.05, 0) is 36.4 Å². The highest BCUT2D eigenvalue weighted by atomic mass is 35.5. The predicted molar refractivity (Wildman–Crippen MR) is 86.9 cm³/mol. The maximum absolute atomic E-state index is 13.3. The summed E-state index contributed by atoms with van der Waals surface area (Å²) in [6.45, 7) is 0. The summed E-state index contributed by atoms with van der Waals surface area (Å²) >= 11 is 10.5. The van der Waals surface area contributed by atoms with Gasteiger partial charge in [0.1, 0.15) is 5.75 Å². The zero-order valence-electron chi connectivity index (χ0n) is 11.9. The first-order chi connectivity index (χ1) is 11.3. The van der Waals surface area contributed by atoms with E-state index < -0.39 is 23.5 Å². The van der Waals surface area contributed by atoms with Gasteiger partial charge >= 0.3 is 12.1 Å². The second kappa shape index (κ2) is 7.63. The monoisotopic (exact) mass is 378 g/mol. The number of carbonyl (C=O) groups excluding carboxylic acids is 1. The summed E-state index contributed by atoms with van der Waals surface area (Å²) in [5.41, 5.74) is -2.68. The van der Waals surface area contributed by atoms with E-state index in [9.17, 15) is 18.0 Å². The topological polar surface area (TPSA) is 50.4 Å². The van der Waals surface area contributed by atoms with Crippen LogP contribution >= 0.6 is 23.2 Å². The van der Waals surface area contributed by atoms with E-state index in [0.717, 1.165) is 6.07 Å². The van der Waals surface area contributed by atoms with Crippen LogP contribution in [-0.2, 0) is 0 Å². The van der Waals surface area contributed by atoms with Crippen LogP contribution < -0.4 is 15.4 Å². The quantitative estimate of drug-likeness (QED) is 0.675. The Morgan fingerprint density at radius 1 is 1.08 bits per heavy atom. The largest absolute Gasteiger partial charge is 0.444 e. The lowest BCUT2D eigenvalue weighted by Crippen LogP contribution is -2.33. The summed E-state index contributed by atoms with van der Waals surface area (Å²) in [7, 11) is 0. The Labute approximate surface area is 145 Å². The maximum atomic E-state index is 13.3. The molecular formula is C15H11Cl2F3N2O2. The van der Waals surface area contributed by atoms with Gasteiger partial charge in [0.25, 0.3) is 5.63 Å². The number of amides is 2. The fraction of sp³-hybridized carbons (Fsp3) is 0.133. The summed E-state index contributed by atoms with van der Waals surface area (Å²) in [6.07, 6.45) is -4.24. The molecule has 0 aliphatic rings. The van der Waals surface area contributed by atoms with Crippen molar-refractivity contribution in [3.63, 3.8) is 0 Å². The highest BCUT2D eigenvalue weighted by Gasteiger charge is 2.42. The number of nitrogens with one attached hydrogen (secondary N) is 2. The van der Waals surface area contributed by atoms with Gasteiger partial charge in [-0.2, -0.15) is 8.78 Å². The number of hydrogen-bond acceptors (Lipinski definition) is 2. The number of benzene rings is 2. The first-order valence-electron chi connectivity index (χ1n) is 6.55. The summed E-state index contributed by atoms with van der Waals surface area (Å²) in [5.74, 6) is -0.433. The molecule has 0 saturated carbocycles. The minimum absolute atomic E-state index is 0.0824. The molecule has 9 heteroatoms. The average Bonchev–Trinajstić information content (AvgIpc) is 2.51. The van der Waals surface area contributed by atoms with E-state index in [0.29, 0.717) is 10.7 Å². The Bertz CT molecular complexity index is 712. The van der Waals surface area contributed by atoms with Crippen molar-refractivity contribution in [2.75, 3.05) is 10.6 Å². The molecule has 2 amide bonds. The van der Waals surface area contributed by atoms with E-state index in [-0.39, 0.29) is 5.69 Å². The molecule has 24 heavy (non-hydrogen) atoms. The number of anilines is 2. The lowest BCUT2D eigenvalue weighted by molar-refractivity contribution is -0.198. The maximum Gasteiger partial charge on any atom is 0.444 e. The number of urea groups is 1. The van der Waals surface area contributed by atoms with Gasteiger partial charge in [-0.3, -0.25) is 0 Å². The van der Waals surface area contributed by atoms with Crippen LogP contribution in [0.4, 0.5) is 29.3 Å². The van der Waals surface area contributed by atoms with Crippen molar-refractivity contribution < 1.29 is 22.7 Å². The molecule has 0 spiro atoms. The van der Waals surface area contributed by atoms with Crippen LogP contribution in [0.5, 0.6) is 5.75 Å². The van der Waals surface area contributed by atoms with Crippen LogP contribution in [0.25, 0.3) is 0 Å². The van der Waals surface area contributed by atoms with Crippen LogP contribution in [0.1, 0.15) is 0 Å². The van der Waals surface area contributed by atoms with Gasteiger partial charge in [-0.1, -0.05) is 35.3 Å². The standard InChI is InChI=1S/C15H11Cl2F3N2O2/c16-9-5-7-10(8-6-9)21-14(23)22-11-3-1-2-4-12(11)24-15(19,20)13(17)18/h1-8,13H,(H2,21,22,23)/t13-/m0/s1. The lowest BCUT2D eigenvalue weighted by Gasteiger charge is -2.20. The van der Waals surface area contributed by atoms with Crippen molar-refractivity contribution in [3.8, 4) is 5.75 Å². The molecule has 0 aromatic heterocycles. The first-order valence-corrected chi connectivity index (χ1v) is 7.37. The minimum atomic E-state index is -4.24. The number of alkyl halides is 4. The van der Waals surface area contributed by atoms with Crippen molar-refractivity contribution in [1.29, 1.82) is 0 Å². The van der Waals surface area contributed by atoms with Gasteiger partial charge in [-0.25, -0.2) is 9.18 Å². The van der Waals surface area contributed by atoms with Crippen LogP contribution in [-0.4, -0.2) is 17.8 Å². The molecule has 0 saturated heterocycles. The summed E-state index contributed by atoms with van der Waals surface area (Å²) < 4.78 is 43.4. The normalized spacial score (nSPS) is 12.4. The van der Waals surface area contributed by atoms with Crippen LogP contribution in [0, 0.1) is 0 Å². The average molecular weight is 379 g/mol. The molecular weight excluding hydrogens is 368 g/mol. The lowest BCUT2D eigenvalue weighted by atomic mass is 10.3. The van der Waals surface area contributed by atoms with Crippen molar-refractivity contribution in [1.82, 2.24) is 0 Å². The van der Waals surface area contributed by atoms with Gasteiger partial charge in [0.05, 0.1) is 5.69 Å².